The van der Waals surface area contributed by atoms with Gasteiger partial charge in [-0.05, 0) is 36.5 Å². The number of nitrogens with zero attached hydrogens (tertiary/aromatic N) is 1. The fourth-order valence-electron chi connectivity index (χ4n) is 2.19. The van der Waals surface area contributed by atoms with E-state index in [2.05, 4.69) is 24.4 Å². The summed E-state index contributed by atoms with van der Waals surface area (Å²) in [6.07, 6.45) is 3.95. The Balaban J connectivity index is 0.00000144. The lowest BCUT2D eigenvalue weighted by Crippen LogP contribution is -2.17. The molecule has 1 N–H and O–H groups in total. The van der Waals surface area contributed by atoms with Gasteiger partial charge in [0.05, 0.1) is 11.6 Å². The van der Waals surface area contributed by atoms with E-state index in [1.807, 2.05) is 18.2 Å². The molecule has 17 heavy (non-hydrogen) atoms. The number of benzene rings is 1. The van der Waals surface area contributed by atoms with Crippen LogP contribution < -0.4 is 5.32 Å². The molecular formula is C14H19ClN2. The van der Waals surface area contributed by atoms with E-state index < -0.39 is 0 Å². The van der Waals surface area contributed by atoms with E-state index in [0.717, 1.165) is 18.0 Å². The zero-order valence-electron chi connectivity index (χ0n) is 10.1. The van der Waals surface area contributed by atoms with E-state index in [9.17, 15) is 0 Å². The third-order valence-electron chi connectivity index (χ3n) is 3.21. The molecule has 2 nitrogen and oxygen atoms in total. The summed E-state index contributed by atoms with van der Waals surface area (Å²) in [6, 6.07) is 10.7. The Morgan fingerprint density at radius 2 is 2.29 bits per heavy atom. The minimum atomic E-state index is 0. The molecule has 92 valence electrons. The zero-order chi connectivity index (χ0) is 11.4. The lowest BCUT2D eigenvalue weighted by molar-refractivity contribution is 0.599. The van der Waals surface area contributed by atoms with Gasteiger partial charge >= 0.3 is 0 Å². The summed E-state index contributed by atoms with van der Waals surface area (Å²) in [4.78, 5) is 0. The quantitative estimate of drug-likeness (QED) is 0.871. The first-order valence-electron chi connectivity index (χ1n) is 6.06. The first kappa shape index (κ1) is 14.0. The maximum absolute atomic E-state index is 8.79. The molecule has 1 aromatic carbocycles. The van der Waals surface area contributed by atoms with Crippen molar-refractivity contribution in [2.45, 2.75) is 38.8 Å². The van der Waals surface area contributed by atoms with E-state index in [1.54, 1.807) is 0 Å². The lowest BCUT2D eigenvalue weighted by Gasteiger charge is -2.04. The van der Waals surface area contributed by atoms with Crippen molar-refractivity contribution >= 4 is 12.4 Å². The van der Waals surface area contributed by atoms with E-state index in [0.29, 0.717) is 6.04 Å². The number of rotatable bonds is 5. The standard InChI is InChI=1S/C14H18N2.ClH/c1-2-4-13-8-14(13)16-10-12-6-3-5-11(7-12)9-15;/h3,5-7,13-14,16H,2,4,8,10H2,1H3;1H. The highest BCUT2D eigenvalue weighted by molar-refractivity contribution is 5.85. The fraction of sp³-hybridized carbons (Fsp3) is 0.500. The molecule has 0 spiro atoms. The molecule has 0 amide bonds. The topological polar surface area (TPSA) is 35.8 Å². The molecular weight excluding hydrogens is 232 g/mol. The molecule has 0 aliphatic heterocycles. The second-order valence-electron chi connectivity index (χ2n) is 4.58. The Labute approximate surface area is 109 Å². The summed E-state index contributed by atoms with van der Waals surface area (Å²) in [7, 11) is 0. The molecule has 0 bridgehead atoms. The van der Waals surface area contributed by atoms with E-state index >= 15 is 0 Å². The van der Waals surface area contributed by atoms with Gasteiger partial charge in [-0.1, -0.05) is 25.5 Å². The van der Waals surface area contributed by atoms with Gasteiger partial charge in [0.15, 0.2) is 0 Å². The summed E-state index contributed by atoms with van der Waals surface area (Å²) < 4.78 is 0. The number of nitriles is 1. The van der Waals surface area contributed by atoms with Gasteiger partial charge in [-0.15, -0.1) is 12.4 Å². The number of hydrogen-bond acceptors (Lipinski definition) is 2. The Morgan fingerprint density at radius 3 is 3.00 bits per heavy atom. The van der Waals surface area contributed by atoms with Crippen LogP contribution in [-0.2, 0) is 6.54 Å². The summed E-state index contributed by atoms with van der Waals surface area (Å²) in [5.74, 6) is 0.893. The highest BCUT2D eigenvalue weighted by Gasteiger charge is 2.35. The molecule has 1 aromatic rings. The van der Waals surface area contributed by atoms with Crippen molar-refractivity contribution in [3.05, 3.63) is 35.4 Å². The largest absolute Gasteiger partial charge is 0.310 e. The molecule has 3 heteroatoms. The highest BCUT2D eigenvalue weighted by atomic mass is 35.5. The van der Waals surface area contributed by atoms with Crippen LogP contribution in [-0.4, -0.2) is 6.04 Å². The maximum atomic E-state index is 8.79. The molecule has 0 radical (unpaired) electrons. The first-order chi connectivity index (χ1) is 7.83. The monoisotopic (exact) mass is 250 g/mol. The van der Waals surface area contributed by atoms with E-state index in [1.165, 1.54) is 24.8 Å². The van der Waals surface area contributed by atoms with Crippen LogP contribution in [0.5, 0.6) is 0 Å². The number of nitrogens with one attached hydrogen (secondary N) is 1. The van der Waals surface area contributed by atoms with Gasteiger partial charge in [-0.2, -0.15) is 5.26 Å². The van der Waals surface area contributed by atoms with Crippen molar-refractivity contribution in [3.8, 4) is 6.07 Å². The van der Waals surface area contributed by atoms with Gasteiger partial charge in [0.1, 0.15) is 0 Å². The van der Waals surface area contributed by atoms with Gasteiger partial charge < -0.3 is 5.32 Å². The molecule has 1 aliphatic carbocycles. The van der Waals surface area contributed by atoms with Gasteiger partial charge in [0.2, 0.25) is 0 Å². The van der Waals surface area contributed by atoms with Crippen LogP contribution in [0.1, 0.15) is 37.3 Å². The normalized spacial score (nSPS) is 21.4. The third kappa shape index (κ3) is 4.03. The molecule has 0 aromatic heterocycles. The lowest BCUT2D eigenvalue weighted by atomic mass is 10.1. The molecule has 2 unspecified atom stereocenters. The van der Waals surface area contributed by atoms with Crippen molar-refractivity contribution in [3.63, 3.8) is 0 Å². The van der Waals surface area contributed by atoms with E-state index in [-0.39, 0.29) is 12.4 Å². The van der Waals surface area contributed by atoms with Crippen molar-refractivity contribution < 1.29 is 0 Å². The van der Waals surface area contributed by atoms with Crippen LogP contribution in [0.15, 0.2) is 24.3 Å². The number of hydrogen-bond donors (Lipinski definition) is 1. The van der Waals surface area contributed by atoms with Gasteiger partial charge in [0, 0.05) is 12.6 Å². The first-order valence-corrected chi connectivity index (χ1v) is 6.06. The molecule has 0 saturated heterocycles. The molecule has 2 rings (SSSR count). The second-order valence-corrected chi connectivity index (χ2v) is 4.58. The van der Waals surface area contributed by atoms with Crippen molar-refractivity contribution in [2.75, 3.05) is 0 Å². The van der Waals surface area contributed by atoms with Crippen molar-refractivity contribution in [1.29, 1.82) is 5.26 Å². The van der Waals surface area contributed by atoms with Crippen molar-refractivity contribution in [2.24, 2.45) is 5.92 Å². The van der Waals surface area contributed by atoms with Crippen LogP contribution in [0.4, 0.5) is 0 Å². The summed E-state index contributed by atoms with van der Waals surface area (Å²) >= 11 is 0. The zero-order valence-corrected chi connectivity index (χ0v) is 11.0. The Hall–Kier alpha value is -1.04. The van der Waals surface area contributed by atoms with Gasteiger partial charge in [-0.25, -0.2) is 0 Å². The Morgan fingerprint density at radius 1 is 1.47 bits per heavy atom. The van der Waals surface area contributed by atoms with Crippen LogP contribution in [0.2, 0.25) is 0 Å². The average molecular weight is 251 g/mol. The molecule has 1 saturated carbocycles. The van der Waals surface area contributed by atoms with Crippen LogP contribution in [0, 0.1) is 17.2 Å². The SMILES string of the molecule is CCCC1CC1NCc1cccc(C#N)c1.Cl. The number of halogens is 1. The molecule has 1 fully saturated rings. The molecule has 0 heterocycles. The minimum Gasteiger partial charge on any atom is -0.310 e. The Bertz CT molecular complexity index is 397. The summed E-state index contributed by atoms with van der Waals surface area (Å²) in [5.41, 5.74) is 1.96. The van der Waals surface area contributed by atoms with Gasteiger partial charge in [-0.3, -0.25) is 0 Å². The van der Waals surface area contributed by atoms with Crippen molar-refractivity contribution in [1.82, 2.24) is 5.32 Å². The van der Waals surface area contributed by atoms with Crippen LogP contribution in [0.3, 0.4) is 0 Å². The molecule has 1 aliphatic rings. The summed E-state index contributed by atoms with van der Waals surface area (Å²) in [5, 5.41) is 12.3. The predicted octanol–water partition coefficient (Wildman–Crippen LogP) is 3.26. The fourth-order valence-corrected chi connectivity index (χ4v) is 2.19. The second kappa shape index (κ2) is 6.64. The minimum absolute atomic E-state index is 0. The van der Waals surface area contributed by atoms with E-state index in [4.69, 9.17) is 5.26 Å². The third-order valence-corrected chi connectivity index (χ3v) is 3.21. The average Bonchev–Trinajstić information content (AvgIpc) is 3.06. The molecule has 2 atom stereocenters. The smallest absolute Gasteiger partial charge is 0.0991 e. The summed E-state index contributed by atoms with van der Waals surface area (Å²) in [6.45, 7) is 3.13. The maximum Gasteiger partial charge on any atom is 0.0991 e. The Kier molecular flexibility index (Phi) is 5.47. The predicted molar refractivity (Wildman–Crippen MR) is 72.0 cm³/mol. The van der Waals surface area contributed by atoms with Gasteiger partial charge in [0.25, 0.3) is 0 Å². The van der Waals surface area contributed by atoms with Crippen LogP contribution >= 0.6 is 12.4 Å². The van der Waals surface area contributed by atoms with Crippen LogP contribution in [0.25, 0.3) is 0 Å². The highest BCUT2D eigenvalue weighted by Crippen LogP contribution is 2.34.